The van der Waals surface area contributed by atoms with Crippen molar-refractivity contribution in [3.63, 3.8) is 0 Å². The average molecular weight is 384 g/mol. The molecular weight excluding hydrogens is 358 g/mol. The summed E-state index contributed by atoms with van der Waals surface area (Å²) in [7, 11) is -3.72. The van der Waals surface area contributed by atoms with Crippen molar-refractivity contribution in [1.82, 2.24) is 4.31 Å². The molecule has 1 unspecified atom stereocenters. The third-order valence-electron chi connectivity index (χ3n) is 5.11. The van der Waals surface area contributed by atoms with E-state index < -0.39 is 10.0 Å². The van der Waals surface area contributed by atoms with Gasteiger partial charge in [-0.2, -0.15) is 4.31 Å². The summed E-state index contributed by atoms with van der Waals surface area (Å²) in [4.78, 5) is 12.1. The second-order valence-electron chi connectivity index (χ2n) is 7.00. The predicted molar refractivity (Wildman–Crippen MR) is 107 cm³/mol. The van der Waals surface area contributed by atoms with Crippen LogP contribution in [0.1, 0.15) is 43.0 Å². The largest absolute Gasteiger partial charge is 0.295 e. The molecule has 0 aliphatic carbocycles. The summed E-state index contributed by atoms with van der Waals surface area (Å²) < 4.78 is 28.2. The lowest BCUT2D eigenvalue weighted by molar-refractivity contribution is -0.113. The Kier molecular flexibility index (Phi) is 5.63. The molecule has 4 nitrogen and oxygen atoms in total. The van der Waals surface area contributed by atoms with E-state index in [4.69, 9.17) is 0 Å². The van der Waals surface area contributed by atoms with E-state index in [9.17, 15) is 13.2 Å². The molecule has 0 spiro atoms. The summed E-state index contributed by atoms with van der Waals surface area (Å²) in [5, 5.41) is 0. The van der Waals surface area contributed by atoms with Gasteiger partial charge in [0.15, 0.2) is 5.78 Å². The van der Waals surface area contributed by atoms with Gasteiger partial charge in [-0.1, -0.05) is 55.0 Å². The Hall–Kier alpha value is -2.24. The van der Waals surface area contributed by atoms with E-state index in [1.54, 1.807) is 24.3 Å². The van der Waals surface area contributed by atoms with Gasteiger partial charge in [-0.15, -0.1) is 0 Å². The molecular formula is C22H25NO3S. The third-order valence-corrected chi connectivity index (χ3v) is 6.98. The van der Waals surface area contributed by atoms with Gasteiger partial charge < -0.3 is 0 Å². The van der Waals surface area contributed by atoms with Gasteiger partial charge in [-0.05, 0) is 49.9 Å². The maximum Gasteiger partial charge on any atom is 0.243 e. The standard InChI is InChI=1S/C22H25NO3S/c1-4-18-7-9-19(10-8-18)22-14-11-20(17(3)24)15-23(22)27(25,26)21-12-5-16(2)6-13-21/h5-13,22H,4,14-15H2,1-3H3. The monoisotopic (exact) mass is 383 g/mol. The maximum atomic E-state index is 13.4. The summed E-state index contributed by atoms with van der Waals surface area (Å²) in [6, 6.07) is 14.6. The van der Waals surface area contributed by atoms with Gasteiger partial charge in [0.25, 0.3) is 0 Å². The maximum absolute atomic E-state index is 13.4. The molecule has 1 aliphatic heterocycles. The summed E-state index contributed by atoms with van der Waals surface area (Å²) in [6.07, 6.45) is 3.30. The van der Waals surface area contributed by atoms with E-state index in [1.807, 2.05) is 37.3 Å². The highest BCUT2D eigenvalue weighted by molar-refractivity contribution is 7.89. The van der Waals surface area contributed by atoms with E-state index in [2.05, 4.69) is 6.92 Å². The van der Waals surface area contributed by atoms with Crippen LogP contribution in [0.2, 0.25) is 0 Å². The van der Waals surface area contributed by atoms with Crippen molar-refractivity contribution in [1.29, 1.82) is 0 Å². The summed E-state index contributed by atoms with van der Waals surface area (Å²) >= 11 is 0. The Morgan fingerprint density at radius 3 is 2.26 bits per heavy atom. The van der Waals surface area contributed by atoms with E-state index in [0.29, 0.717) is 12.0 Å². The van der Waals surface area contributed by atoms with Crippen molar-refractivity contribution < 1.29 is 13.2 Å². The number of aryl methyl sites for hydroxylation is 2. The normalized spacial score (nSPS) is 18.2. The fourth-order valence-electron chi connectivity index (χ4n) is 3.35. The van der Waals surface area contributed by atoms with Gasteiger partial charge in [0.1, 0.15) is 0 Å². The summed E-state index contributed by atoms with van der Waals surface area (Å²) in [5.74, 6) is -0.0844. The number of hydrogen-bond donors (Lipinski definition) is 0. The molecule has 5 heteroatoms. The molecule has 0 saturated carbocycles. The second kappa shape index (κ2) is 7.79. The highest BCUT2D eigenvalue weighted by Crippen LogP contribution is 2.35. The Morgan fingerprint density at radius 1 is 1.07 bits per heavy atom. The van der Waals surface area contributed by atoms with Crippen LogP contribution in [0, 0.1) is 6.92 Å². The Morgan fingerprint density at radius 2 is 1.70 bits per heavy atom. The molecule has 0 amide bonds. The van der Waals surface area contributed by atoms with Crippen molar-refractivity contribution in [2.45, 2.75) is 44.6 Å². The highest BCUT2D eigenvalue weighted by atomic mass is 32.2. The number of Topliss-reactive ketones (excluding diaryl/α,β-unsaturated/α-hetero) is 1. The summed E-state index contributed by atoms with van der Waals surface area (Å²) in [5.41, 5.74) is 3.71. The van der Waals surface area contributed by atoms with Crippen molar-refractivity contribution >= 4 is 15.8 Å². The van der Waals surface area contributed by atoms with Crippen LogP contribution >= 0.6 is 0 Å². The SMILES string of the molecule is CCc1ccc(C2CC=C(C(C)=O)CN2S(=O)(=O)c2ccc(C)cc2)cc1. The van der Waals surface area contributed by atoms with Crippen molar-refractivity contribution in [2.24, 2.45) is 0 Å². The molecule has 0 aromatic heterocycles. The summed E-state index contributed by atoms with van der Waals surface area (Å²) in [6.45, 7) is 5.60. The predicted octanol–water partition coefficient (Wildman–Crippen LogP) is 4.21. The molecule has 0 N–H and O–H groups in total. The Bertz CT molecular complexity index is 958. The zero-order valence-corrected chi connectivity index (χ0v) is 16.8. The van der Waals surface area contributed by atoms with E-state index in [0.717, 1.165) is 17.5 Å². The van der Waals surface area contributed by atoms with Crippen LogP contribution in [0.4, 0.5) is 0 Å². The van der Waals surface area contributed by atoms with Gasteiger partial charge in [0.05, 0.1) is 10.9 Å². The number of carbonyl (C=O) groups excluding carboxylic acids is 1. The topological polar surface area (TPSA) is 54.5 Å². The number of rotatable bonds is 5. The van der Waals surface area contributed by atoms with Crippen molar-refractivity contribution in [2.75, 3.05) is 6.54 Å². The number of benzene rings is 2. The quantitative estimate of drug-likeness (QED) is 0.777. The van der Waals surface area contributed by atoms with E-state index >= 15 is 0 Å². The molecule has 0 saturated heterocycles. The fourth-order valence-corrected chi connectivity index (χ4v) is 4.95. The average Bonchev–Trinajstić information content (AvgIpc) is 2.68. The van der Waals surface area contributed by atoms with Crippen LogP contribution in [0.25, 0.3) is 0 Å². The molecule has 2 aromatic carbocycles. The Balaban J connectivity index is 2.04. The van der Waals surface area contributed by atoms with E-state index in [-0.39, 0.29) is 23.3 Å². The number of nitrogens with zero attached hydrogens (tertiary/aromatic N) is 1. The highest BCUT2D eigenvalue weighted by Gasteiger charge is 2.35. The molecule has 1 aliphatic rings. The molecule has 0 fully saturated rings. The van der Waals surface area contributed by atoms with Gasteiger partial charge in [0.2, 0.25) is 10.0 Å². The second-order valence-corrected chi connectivity index (χ2v) is 8.89. The van der Waals surface area contributed by atoms with Crippen LogP contribution in [0.5, 0.6) is 0 Å². The molecule has 1 heterocycles. The van der Waals surface area contributed by atoms with Crippen molar-refractivity contribution in [3.8, 4) is 0 Å². The van der Waals surface area contributed by atoms with Crippen LogP contribution in [0.15, 0.2) is 65.1 Å². The van der Waals surface area contributed by atoms with Crippen LogP contribution < -0.4 is 0 Å². The zero-order valence-electron chi connectivity index (χ0n) is 16.0. The zero-order chi connectivity index (χ0) is 19.6. The fraction of sp³-hybridized carbons (Fsp3) is 0.318. The van der Waals surface area contributed by atoms with E-state index in [1.165, 1.54) is 16.8 Å². The first-order valence-electron chi connectivity index (χ1n) is 9.20. The number of sulfonamides is 1. The molecule has 1 atom stereocenters. The third kappa shape index (κ3) is 4.04. The van der Waals surface area contributed by atoms with Gasteiger partial charge >= 0.3 is 0 Å². The lowest BCUT2D eigenvalue weighted by atomic mass is 9.96. The van der Waals surface area contributed by atoms with Crippen LogP contribution in [0.3, 0.4) is 0 Å². The smallest absolute Gasteiger partial charge is 0.243 e. The number of hydrogen-bond acceptors (Lipinski definition) is 3. The minimum absolute atomic E-state index is 0.0844. The van der Waals surface area contributed by atoms with Gasteiger partial charge in [0, 0.05) is 12.1 Å². The first kappa shape index (κ1) is 19.5. The molecule has 2 aromatic rings. The lowest BCUT2D eigenvalue weighted by Crippen LogP contribution is -2.39. The molecule has 3 rings (SSSR count). The van der Waals surface area contributed by atoms with Crippen molar-refractivity contribution in [3.05, 3.63) is 76.9 Å². The van der Waals surface area contributed by atoms with Gasteiger partial charge in [-0.25, -0.2) is 8.42 Å². The first-order valence-corrected chi connectivity index (χ1v) is 10.6. The minimum Gasteiger partial charge on any atom is -0.295 e. The minimum atomic E-state index is -3.72. The Labute approximate surface area is 161 Å². The van der Waals surface area contributed by atoms with Crippen LogP contribution in [-0.2, 0) is 21.2 Å². The molecule has 0 radical (unpaired) electrons. The van der Waals surface area contributed by atoms with Crippen LogP contribution in [-0.4, -0.2) is 25.1 Å². The number of ketones is 1. The lowest BCUT2D eigenvalue weighted by Gasteiger charge is -2.34. The molecule has 0 bridgehead atoms. The molecule has 142 valence electrons. The number of carbonyl (C=O) groups is 1. The first-order chi connectivity index (χ1) is 12.8. The van der Waals surface area contributed by atoms with Gasteiger partial charge in [-0.3, -0.25) is 4.79 Å². The molecule has 27 heavy (non-hydrogen) atoms.